The molecule has 82 valence electrons. The van der Waals surface area contributed by atoms with Crippen LogP contribution in [0, 0.1) is 0 Å². The van der Waals surface area contributed by atoms with E-state index in [9.17, 15) is 0 Å². The van der Waals surface area contributed by atoms with E-state index >= 15 is 0 Å². The Morgan fingerprint density at radius 3 is 3.07 bits per heavy atom. The van der Waals surface area contributed by atoms with Crippen molar-refractivity contribution in [1.29, 1.82) is 0 Å². The maximum absolute atomic E-state index is 5.55. The van der Waals surface area contributed by atoms with Crippen LogP contribution in [0.2, 0.25) is 0 Å². The molecule has 0 aromatic heterocycles. The number of methoxy groups -OCH3 is 1. The van der Waals surface area contributed by atoms with Gasteiger partial charge in [-0.2, -0.15) is 0 Å². The zero-order valence-corrected chi connectivity index (χ0v) is 10.5. The third kappa shape index (κ3) is 1.84. The Bertz CT molecular complexity index is 379. The normalized spacial score (nSPS) is 13.5. The molecular formula is C11H14BrNO2. The van der Waals surface area contributed by atoms with Crippen LogP contribution in [0.5, 0.6) is 11.5 Å². The minimum absolute atomic E-state index is 0.764. The minimum Gasteiger partial charge on any atom is -0.495 e. The van der Waals surface area contributed by atoms with Crippen molar-refractivity contribution < 1.29 is 9.47 Å². The topological polar surface area (TPSA) is 30.5 Å². The van der Waals surface area contributed by atoms with Gasteiger partial charge in [0.25, 0.3) is 0 Å². The molecule has 15 heavy (non-hydrogen) atoms. The van der Waals surface area contributed by atoms with Gasteiger partial charge in [0.15, 0.2) is 0 Å². The van der Waals surface area contributed by atoms with Crippen LogP contribution in [0.4, 0.5) is 0 Å². The molecule has 3 nitrogen and oxygen atoms in total. The van der Waals surface area contributed by atoms with Crippen LogP contribution in [0.3, 0.4) is 0 Å². The second kappa shape index (κ2) is 4.41. The van der Waals surface area contributed by atoms with Gasteiger partial charge in [-0.1, -0.05) is 0 Å². The fraction of sp³-hybridized carbons (Fsp3) is 0.455. The van der Waals surface area contributed by atoms with Crippen molar-refractivity contribution in [3.05, 3.63) is 21.7 Å². The molecule has 0 aliphatic carbocycles. The first-order valence-electron chi connectivity index (χ1n) is 4.93. The van der Waals surface area contributed by atoms with Gasteiger partial charge in [-0.05, 0) is 29.0 Å². The molecule has 0 bridgehead atoms. The van der Waals surface area contributed by atoms with E-state index in [1.165, 1.54) is 5.56 Å². The first-order chi connectivity index (χ1) is 7.27. The molecule has 0 saturated heterocycles. The van der Waals surface area contributed by atoms with Crippen molar-refractivity contribution >= 4 is 15.9 Å². The second-order valence-electron chi connectivity index (χ2n) is 3.49. The summed E-state index contributed by atoms with van der Waals surface area (Å²) in [6.07, 6.45) is 0.951. The molecule has 1 aliphatic heterocycles. The smallest absolute Gasteiger partial charge is 0.138 e. The van der Waals surface area contributed by atoms with Crippen molar-refractivity contribution in [2.24, 2.45) is 0 Å². The molecule has 4 heteroatoms. The average Bonchev–Trinajstić information content (AvgIpc) is 2.67. The number of halogens is 1. The van der Waals surface area contributed by atoms with Gasteiger partial charge in [0.1, 0.15) is 11.5 Å². The van der Waals surface area contributed by atoms with E-state index in [0.717, 1.165) is 41.1 Å². The molecule has 1 aromatic carbocycles. The highest BCUT2D eigenvalue weighted by atomic mass is 79.9. The van der Waals surface area contributed by atoms with Crippen LogP contribution in [0.25, 0.3) is 0 Å². The summed E-state index contributed by atoms with van der Waals surface area (Å²) < 4.78 is 12.0. The molecule has 1 heterocycles. The van der Waals surface area contributed by atoms with E-state index in [0.29, 0.717) is 0 Å². The number of ether oxygens (including phenoxy) is 2. The van der Waals surface area contributed by atoms with Crippen molar-refractivity contribution in [3.8, 4) is 11.5 Å². The van der Waals surface area contributed by atoms with Gasteiger partial charge in [0.05, 0.1) is 18.2 Å². The van der Waals surface area contributed by atoms with Crippen molar-refractivity contribution in [2.75, 3.05) is 20.8 Å². The van der Waals surface area contributed by atoms with Gasteiger partial charge in [-0.25, -0.2) is 0 Å². The lowest BCUT2D eigenvalue weighted by molar-refractivity contribution is 0.355. The monoisotopic (exact) mass is 271 g/mol. The van der Waals surface area contributed by atoms with Crippen LogP contribution >= 0.6 is 15.9 Å². The van der Waals surface area contributed by atoms with Crippen LogP contribution < -0.4 is 14.8 Å². The standard InChI is InChI=1S/C11H14BrNO2/c1-13-6-7-5-9-8(3-4-15-9)10(12)11(7)14-2/h5,13H,3-4,6H2,1-2H3. The predicted molar refractivity (Wildman–Crippen MR) is 62.7 cm³/mol. The number of fused-ring (bicyclic) bond motifs is 1. The summed E-state index contributed by atoms with van der Waals surface area (Å²) in [5, 5.41) is 3.12. The maximum atomic E-state index is 5.55. The average molecular weight is 272 g/mol. The van der Waals surface area contributed by atoms with E-state index in [-0.39, 0.29) is 0 Å². The van der Waals surface area contributed by atoms with Gasteiger partial charge >= 0.3 is 0 Å². The van der Waals surface area contributed by atoms with Gasteiger partial charge < -0.3 is 14.8 Å². The molecular weight excluding hydrogens is 258 g/mol. The largest absolute Gasteiger partial charge is 0.495 e. The SMILES string of the molecule is CNCc1cc2c(c(Br)c1OC)CCO2. The Balaban J connectivity index is 2.51. The van der Waals surface area contributed by atoms with E-state index in [2.05, 4.69) is 27.3 Å². The molecule has 1 aliphatic rings. The number of hydrogen-bond acceptors (Lipinski definition) is 3. The van der Waals surface area contributed by atoms with Crippen molar-refractivity contribution in [2.45, 2.75) is 13.0 Å². The summed E-state index contributed by atoms with van der Waals surface area (Å²) >= 11 is 3.58. The lowest BCUT2D eigenvalue weighted by Gasteiger charge is -2.13. The number of hydrogen-bond donors (Lipinski definition) is 1. The van der Waals surface area contributed by atoms with Gasteiger partial charge in [-0.15, -0.1) is 0 Å². The molecule has 0 amide bonds. The lowest BCUT2D eigenvalue weighted by atomic mass is 10.1. The zero-order chi connectivity index (χ0) is 10.8. The summed E-state index contributed by atoms with van der Waals surface area (Å²) in [5.74, 6) is 1.89. The molecule has 0 spiro atoms. The number of rotatable bonds is 3. The van der Waals surface area contributed by atoms with E-state index < -0.39 is 0 Å². The summed E-state index contributed by atoms with van der Waals surface area (Å²) in [7, 11) is 3.61. The maximum Gasteiger partial charge on any atom is 0.138 e. The van der Waals surface area contributed by atoms with Gasteiger partial charge in [-0.3, -0.25) is 0 Å². The molecule has 0 unspecified atom stereocenters. The first-order valence-corrected chi connectivity index (χ1v) is 5.73. The van der Waals surface area contributed by atoms with Gasteiger partial charge in [0.2, 0.25) is 0 Å². The van der Waals surface area contributed by atoms with Crippen LogP contribution in [-0.2, 0) is 13.0 Å². The zero-order valence-electron chi connectivity index (χ0n) is 8.89. The highest BCUT2D eigenvalue weighted by molar-refractivity contribution is 9.10. The number of nitrogens with one attached hydrogen (secondary N) is 1. The van der Waals surface area contributed by atoms with E-state index in [1.807, 2.05) is 7.05 Å². The van der Waals surface area contributed by atoms with Crippen LogP contribution in [0.15, 0.2) is 10.5 Å². The van der Waals surface area contributed by atoms with Crippen molar-refractivity contribution in [3.63, 3.8) is 0 Å². The van der Waals surface area contributed by atoms with Crippen LogP contribution in [-0.4, -0.2) is 20.8 Å². The summed E-state index contributed by atoms with van der Waals surface area (Å²) in [6, 6.07) is 2.06. The Morgan fingerprint density at radius 2 is 2.40 bits per heavy atom. The Labute approximate surface area is 97.9 Å². The quantitative estimate of drug-likeness (QED) is 0.914. The molecule has 0 atom stereocenters. The minimum atomic E-state index is 0.764. The highest BCUT2D eigenvalue weighted by Crippen LogP contribution is 2.41. The van der Waals surface area contributed by atoms with E-state index in [4.69, 9.17) is 9.47 Å². The Morgan fingerprint density at radius 1 is 1.60 bits per heavy atom. The Kier molecular flexibility index (Phi) is 3.17. The number of benzene rings is 1. The van der Waals surface area contributed by atoms with Crippen molar-refractivity contribution in [1.82, 2.24) is 5.32 Å². The molecule has 1 aromatic rings. The van der Waals surface area contributed by atoms with Crippen LogP contribution in [0.1, 0.15) is 11.1 Å². The van der Waals surface area contributed by atoms with Gasteiger partial charge in [0, 0.05) is 24.1 Å². The third-order valence-corrected chi connectivity index (χ3v) is 3.38. The second-order valence-corrected chi connectivity index (χ2v) is 4.28. The fourth-order valence-corrected chi connectivity index (χ4v) is 2.67. The molecule has 0 saturated carbocycles. The fourth-order valence-electron chi connectivity index (χ4n) is 1.86. The predicted octanol–water partition coefficient (Wildman–Crippen LogP) is 2.11. The molecule has 1 N–H and O–H groups in total. The molecule has 0 fully saturated rings. The Hall–Kier alpha value is -0.740. The molecule has 0 radical (unpaired) electrons. The third-order valence-electron chi connectivity index (χ3n) is 2.54. The highest BCUT2D eigenvalue weighted by Gasteiger charge is 2.21. The summed E-state index contributed by atoms with van der Waals surface area (Å²) in [6.45, 7) is 1.54. The lowest BCUT2D eigenvalue weighted by Crippen LogP contribution is -2.07. The first kappa shape index (κ1) is 10.8. The van der Waals surface area contributed by atoms with E-state index in [1.54, 1.807) is 7.11 Å². The summed E-state index contributed by atoms with van der Waals surface area (Å²) in [5.41, 5.74) is 2.33. The summed E-state index contributed by atoms with van der Waals surface area (Å²) in [4.78, 5) is 0. The molecule has 2 rings (SSSR count).